The molecular weight excluding hydrogens is 384 g/mol. The van der Waals surface area contributed by atoms with Crippen molar-refractivity contribution in [3.05, 3.63) is 60.2 Å². The topological polar surface area (TPSA) is 24.9 Å². The van der Waals surface area contributed by atoms with E-state index >= 15 is 0 Å². The summed E-state index contributed by atoms with van der Waals surface area (Å²) in [5.41, 5.74) is 1.37. The van der Waals surface area contributed by atoms with Crippen LogP contribution in [0.2, 0.25) is 0 Å². The van der Waals surface area contributed by atoms with Crippen LogP contribution < -0.4 is 4.74 Å². The van der Waals surface area contributed by atoms with Crippen molar-refractivity contribution in [1.29, 1.82) is 0 Å². The molecule has 0 amide bonds. The number of hydrogen-bond acceptors (Lipinski definition) is 4. The number of rotatable bonds is 10. The molecule has 1 unspecified atom stereocenters. The minimum absolute atomic E-state index is 0.813. The molecule has 5 rings (SSSR count). The summed E-state index contributed by atoms with van der Waals surface area (Å²) in [7, 11) is 0. The van der Waals surface area contributed by atoms with Gasteiger partial charge in [-0.15, -0.1) is 0 Å². The largest absolute Gasteiger partial charge is 0.457 e. The number of para-hydroxylation sites is 1. The quantitative estimate of drug-likeness (QED) is 0.502. The van der Waals surface area contributed by atoms with Crippen molar-refractivity contribution in [3.8, 4) is 11.5 Å². The zero-order chi connectivity index (χ0) is 20.9. The number of likely N-dealkylation sites (tertiary alicyclic amines) is 2. The Bertz CT molecular complexity index is 792. The minimum atomic E-state index is 0.813. The average Bonchev–Trinajstić information content (AvgIpc) is 3.26. The number of piperidine rings is 2. The van der Waals surface area contributed by atoms with Crippen molar-refractivity contribution in [3.63, 3.8) is 0 Å². The number of nitrogens with zero attached hydrogens (tertiary/aromatic N) is 2. The highest BCUT2D eigenvalue weighted by Gasteiger charge is 2.55. The van der Waals surface area contributed by atoms with Crippen LogP contribution in [-0.2, 0) is 11.3 Å². The number of benzene rings is 2. The standard InChI is InChI=1S/C27H36N2O2/c1-3-8-23(9-4-1)31-24-12-10-22(11-13-24)18-29-19-25-26(20-29)27(25)21-30-17-7-16-28-14-5-2-6-15-28/h1,3-4,8-13,25-27H,2,5-7,14-21H2/t25-,26+,27?. The van der Waals surface area contributed by atoms with E-state index in [-0.39, 0.29) is 0 Å². The van der Waals surface area contributed by atoms with E-state index < -0.39 is 0 Å². The highest BCUT2D eigenvalue weighted by atomic mass is 16.5. The van der Waals surface area contributed by atoms with Crippen LogP contribution >= 0.6 is 0 Å². The maximum Gasteiger partial charge on any atom is 0.127 e. The summed E-state index contributed by atoms with van der Waals surface area (Å²) in [4.78, 5) is 5.21. The first kappa shape index (κ1) is 21.0. The Balaban J connectivity index is 0.968. The van der Waals surface area contributed by atoms with E-state index in [9.17, 15) is 0 Å². The van der Waals surface area contributed by atoms with Gasteiger partial charge < -0.3 is 14.4 Å². The van der Waals surface area contributed by atoms with Crippen LogP contribution in [0.4, 0.5) is 0 Å². The summed E-state index contributed by atoms with van der Waals surface area (Å²) in [6, 6.07) is 18.5. The fraction of sp³-hybridized carbons (Fsp3) is 0.556. The summed E-state index contributed by atoms with van der Waals surface area (Å²) in [5.74, 6) is 4.32. The molecule has 166 valence electrons. The van der Waals surface area contributed by atoms with Gasteiger partial charge >= 0.3 is 0 Å². The molecule has 0 bridgehead atoms. The first-order valence-corrected chi connectivity index (χ1v) is 12.2. The Labute approximate surface area is 187 Å². The van der Waals surface area contributed by atoms with Crippen molar-refractivity contribution in [2.24, 2.45) is 17.8 Å². The Hall–Kier alpha value is -1.88. The minimum Gasteiger partial charge on any atom is -0.457 e. The van der Waals surface area contributed by atoms with Crippen LogP contribution in [0.25, 0.3) is 0 Å². The van der Waals surface area contributed by atoms with E-state index in [4.69, 9.17) is 9.47 Å². The molecule has 31 heavy (non-hydrogen) atoms. The fourth-order valence-electron chi connectivity index (χ4n) is 5.45. The van der Waals surface area contributed by atoms with E-state index in [0.717, 1.165) is 49.0 Å². The third-order valence-corrected chi connectivity index (χ3v) is 7.28. The molecule has 3 atom stereocenters. The molecule has 0 spiro atoms. The van der Waals surface area contributed by atoms with Crippen LogP contribution in [0.1, 0.15) is 31.2 Å². The van der Waals surface area contributed by atoms with Gasteiger partial charge in [0.2, 0.25) is 0 Å². The third-order valence-electron chi connectivity index (χ3n) is 7.28. The fourth-order valence-corrected chi connectivity index (χ4v) is 5.45. The van der Waals surface area contributed by atoms with Gasteiger partial charge in [0.1, 0.15) is 11.5 Å². The maximum absolute atomic E-state index is 6.04. The zero-order valence-corrected chi connectivity index (χ0v) is 18.6. The maximum atomic E-state index is 6.04. The van der Waals surface area contributed by atoms with Crippen molar-refractivity contribution in [1.82, 2.24) is 9.80 Å². The average molecular weight is 421 g/mol. The van der Waals surface area contributed by atoms with Crippen molar-refractivity contribution < 1.29 is 9.47 Å². The lowest BCUT2D eigenvalue weighted by molar-refractivity contribution is 0.0967. The van der Waals surface area contributed by atoms with Crippen LogP contribution in [0.5, 0.6) is 11.5 Å². The lowest BCUT2D eigenvalue weighted by atomic mass is 10.1. The highest BCUT2D eigenvalue weighted by molar-refractivity contribution is 5.33. The Morgan fingerprint density at radius 3 is 2.23 bits per heavy atom. The van der Waals surface area contributed by atoms with Crippen molar-refractivity contribution in [2.45, 2.75) is 32.2 Å². The van der Waals surface area contributed by atoms with Gasteiger partial charge in [0.15, 0.2) is 0 Å². The van der Waals surface area contributed by atoms with Gasteiger partial charge in [0.05, 0.1) is 6.61 Å². The van der Waals surface area contributed by atoms with E-state index in [1.54, 1.807) is 0 Å². The summed E-state index contributed by atoms with van der Waals surface area (Å²) in [6.07, 6.45) is 5.38. The molecule has 2 heterocycles. The monoisotopic (exact) mass is 420 g/mol. The summed E-state index contributed by atoms with van der Waals surface area (Å²) < 4.78 is 11.9. The normalized spacial score (nSPS) is 26.0. The molecule has 2 aliphatic heterocycles. The molecule has 1 saturated carbocycles. The Morgan fingerprint density at radius 2 is 1.48 bits per heavy atom. The first-order chi connectivity index (χ1) is 15.3. The van der Waals surface area contributed by atoms with E-state index in [1.165, 1.54) is 64.0 Å². The number of hydrogen-bond donors (Lipinski definition) is 0. The second-order valence-electron chi connectivity index (χ2n) is 9.58. The summed E-state index contributed by atoms with van der Waals surface area (Å²) >= 11 is 0. The van der Waals surface area contributed by atoms with Gasteiger partial charge in [-0.05, 0) is 79.9 Å². The number of ether oxygens (including phenoxy) is 2. The van der Waals surface area contributed by atoms with Crippen LogP contribution in [0.3, 0.4) is 0 Å². The zero-order valence-electron chi connectivity index (χ0n) is 18.6. The Kier molecular flexibility index (Phi) is 6.88. The predicted molar refractivity (Wildman–Crippen MR) is 124 cm³/mol. The van der Waals surface area contributed by atoms with E-state index in [0.29, 0.717) is 0 Å². The second kappa shape index (κ2) is 10.2. The van der Waals surface area contributed by atoms with E-state index in [1.807, 2.05) is 30.3 Å². The van der Waals surface area contributed by atoms with Gasteiger partial charge in [-0.25, -0.2) is 0 Å². The predicted octanol–water partition coefficient (Wildman–Crippen LogP) is 5.05. The summed E-state index contributed by atoms with van der Waals surface area (Å²) in [6.45, 7) is 9.24. The second-order valence-corrected chi connectivity index (χ2v) is 9.58. The van der Waals surface area contributed by atoms with Crippen molar-refractivity contribution in [2.75, 3.05) is 45.9 Å². The highest BCUT2D eigenvalue weighted by Crippen LogP contribution is 2.52. The van der Waals surface area contributed by atoms with Crippen LogP contribution in [0, 0.1) is 17.8 Å². The molecule has 0 N–H and O–H groups in total. The molecule has 0 radical (unpaired) electrons. The van der Waals surface area contributed by atoms with Crippen LogP contribution in [-0.4, -0.2) is 55.7 Å². The SMILES string of the molecule is c1ccc(Oc2ccc(CN3C[C@@H]4C(COCCCN5CCCCC5)[C@@H]4C3)cc2)cc1. The molecule has 3 fully saturated rings. The smallest absolute Gasteiger partial charge is 0.127 e. The first-order valence-electron chi connectivity index (χ1n) is 12.2. The van der Waals surface area contributed by atoms with Gasteiger partial charge in [-0.1, -0.05) is 36.8 Å². The van der Waals surface area contributed by atoms with Crippen LogP contribution in [0.15, 0.2) is 54.6 Å². The van der Waals surface area contributed by atoms with Gasteiger partial charge in [-0.3, -0.25) is 4.90 Å². The lowest BCUT2D eigenvalue weighted by Crippen LogP contribution is -2.31. The molecule has 3 aliphatic rings. The third kappa shape index (κ3) is 5.68. The lowest BCUT2D eigenvalue weighted by Gasteiger charge is -2.26. The van der Waals surface area contributed by atoms with Crippen molar-refractivity contribution >= 4 is 0 Å². The Morgan fingerprint density at radius 1 is 0.774 bits per heavy atom. The molecular formula is C27H36N2O2. The van der Waals surface area contributed by atoms with Gasteiger partial charge in [0.25, 0.3) is 0 Å². The number of fused-ring (bicyclic) bond motifs is 1. The molecule has 2 aromatic rings. The summed E-state index contributed by atoms with van der Waals surface area (Å²) in [5, 5.41) is 0. The van der Waals surface area contributed by atoms with E-state index in [2.05, 4.69) is 34.1 Å². The molecule has 4 heteroatoms. The molecule has 0 aromatic heterocycles. The van der Waals surface area contributed by atoms with Gasteiger partial charge in [0, 0.05) is 32.8 Å². The van der Waals surface area contributed by atoms with Gasteiger partial charge in [-0.2, -0.15) is 0 Å². The molecule has 2 aromatic carbocycles. The molecule has 2 saturated heterocycles. The molecule has 4 nitrogen and oxygen atoms in total. The molecule has 1 aliphatic carbocycles.